The lowest BCUT2D eigenvalue weighted by Gasteiger charge is -2.26. The van der Waals surface area contributed by atoms with Gasteiger partial charge in [-0.3, -0.25) is 9.69 Å². The topological polar surface area (TPSA) is 66.5 Å². The van der Waals surface area contributed by atoms with Gasteiger partial charge < -0.3 is 15.4 Å². The summed E-state index contributed by atoms with van der Waals surface area (Å²) in [5, 5.41) is 6.23. The summed E-state index contributed by atoms with van der Waals surface area (Å²) in [6, 6.07) is 11.3. The van der Waals surface area contributed by atoms with E-state index in [4.69, 9.17) is 4.74 Å². The maximum atomic E-state index is 12.3. The Morgan fingerprint density at radius 1 is 1.20 bits per heavy atom. The first-order valence-corrected chi connectivity index (χ1v) is 8.59. The van der Waals surface area contributed by atoms with Gasteiger partial charge in [-0.2, -0.15) is 0 Å². The second-order valence-corrected chi connectivity index (χ2v) is 6.08. The van der Waals surface area contributed by atoms with Gasteiger partial charge in [0.05, 0.1) is 25.1 Å². The predicted molar refractivity (Wildman–Crippen MR) is 99.1 cm³/mol. The highest BCUT2D eigenvalue weighted by molar-refractivity contribution is 6.03. The molecule has 1 aliphatic heterocycles. The molecule has 3 rings (SSSR count). The Labute approximate surface area is 148 Å². The summed E-state index contributed by atoms with van der Waals surface area (Å²) < 4.78 is 5.34. The molecular formula is C19H24N4O2. The van der Waals surface area contributed by atoms with Crippen molar-refractivity contribution >= 4 is 17.3 Å². The molecule has 1 amide bonds. The first-order valence-electron chi connectivity index (χ1n) is 8.59. The third-order valence-corrected chi connectivity index (χ3v) is 4.25. The fourth-order valence-corrected chi connectivity index (χ4v) is 2.72. The largest absolute Gasteiger partial charge is 0.383 e. The summed E-state index contributed by atoms with van der Waals surface area (Å²) in [6.07, 6.45) is 1.70. The first-order chi connectivity index (χ1) is 12.2. The summed E-state index contributed by atoms with van der Waals surface area (Å²) in [4.78, 5) is 18.9. The minimum Gasteiger partial charge on any atom is -0.383 e. The van der Waals surface area contributed by atoms with Crippen LogP contribution in [-0.4, -0.2) is 55.2 Å². The van der Waals surface area contributed by atoms with Gasteiger partial charge in [0.15, 0.2) is 0 Å². The number of aryl methyl sites for hydroxylation is 1. The van der Waals surface area contributed by atoms with Crippen LogP contribution in [-0.2, 0) is 4.74 Å². The number of anilines is 2. The van der Waals surface area contributed by atoms with Crippen molar-refractivity contribution < 1.29 is 9.53 Å². The Bertz CT molecular complexity index is 697. The smallest absolute Gasteiger partial charge is 0.274 e. The van der Waals surface area contributed by atoms with Crippen LogP contribution >= 0.6 is 0 Å². The number of aromatic nitrogens is 1. The lowest BCUT2D eigenvalue weighted by Crippen LogP contribution is -2.39. The molecule has 1 aromatic carbocycles. The highest BCUT2D eigenvalue weighted by atomic mass is 16.5. The molecule has 1 saturated heterocycles. The van der Waals surface area contributed by atoms with Crippen LogP contribution in [0.5, 0.6) is 0 Å². The van der Waals surface area contributed by atoms with Crippen LogP contribution in [0.25, 0.3) is 0 Å². The van der Waals surface area contributed by atoms with Crippen molar-refractivity contribution in [3.8, 4) is 0 Å². The second kappa shape index (κ2) is 8.60. The number of para-hydroxylation sites is 1. The van der Waals surface area contributed by atoms with E-state index in [9.17, 15) is 4.79 Å². The molecule has 1 aliphatic rings. The Kier molecular flexibility index (Phi) is 5.98. The van der Waals surface area contributed by atoms with Crippen molar-refractivity contribution in [3.05, 3.63) is 53.9 Å². The van der Waals surface area contributed by atoms with E-state index in [1.165, 1.54) is 0 Å². The molecule has 2 N–H and O–H groups in total. The highest BCUT2D eigenvalue weighted by Gasteiger charge is 2.10. The molecule has 25 heavy (non-hydrogen) atoms. The molecular weight excluding hydrogens is 316 g/mol. The second-order valence-electron chi connectivity index (χ2n) is 6.08. The van der Waals surface area contributed by atoms with Gasteiger partial charge in [-0.25, -0.2) is 4.98 Å². The van der Waals surface area contributed by atoms with Gasteiger partial charge >= 0.3 is 0 Å². The molecule has 0 atom stereocenters. The van der Waals surface area contributed by atoms with Crippen molar-refractivity contribution in [2.45, 2.75) is 6.92 Å². The molecule has 0 bridgehead atoms. The number of rotatable bonds is 6. The summed E-state index contributed by atoms with van der Waals surface area (Å²) >= 11 is 0. The Morgan fingerprint density at radius 2 is 2.00 bits per heavy atom. The van der Waals surface area contributed by atoms with Gasteiger partial charge in [-0.15, -0.1) is 0 Å². The molecule has 6 nitrogen and oxygen atoms in total. The fraction of sp³-hybridized carbons (Fsp3) is 0.368. The van der Waals surface area contributed by atoms with Crippen molar-refractivity contribution in [3.63, 3.8) is 0 Å². The Hall–Kier alpha value is -2.44. The molecule has 0 saturated carbocycles. The normalized spacial score (nSPS) is 14.9. The standard InChI is InChI=1S/C19H24N4O2/c1-15-4-2-3-5-17(15)22-19(24)18-7-6-16(14-21-18)20-8-9-23-10-12-25-13-11-23/h2-7,14,20H,8-13H2,1H3,(H,22,24). The number of nitrogens with one attached hydrogen (secondary N) is 2. The van der Waals surface area contributed by atoms with Gasteiger partial charge in [0.2, 0.25) is 0 Å². The van der Waals surface area contributed by atoms with E-state index >= 15 is 0 Å². The molecule has 1 aromatic heterocycles. The summed E-state index contributed by atoms with van der Waals surface area (Å²) in [6.45, 7) is 7.37. The average Bonchev–Trinajstić information content (AvgIpc) is 2.65. The number of nitrogens with zero attached hydrogens (tertiary/aromatic N) is 2. The van der Waals surface area contributed by atoms with Crippen LogP contribution in [0.3, 0.4) is 0 Å². The van der Waals surface area contributed by atoms with Crippen molar-refractivity contribution in [2.24, 2.45) is 0 Å². The fourth-order valence-electron chi connectivity index (χ4n) is 2.72. The van der Waals surface area contributed by atoms with Crippen LogP contribution in [0.2, 0.25) is 0 Å². The predicted octanol–water partition coefficient (Wildman–Crippen LogP) is 2.39. The highest BCUT2D eigenvalue weighted by Crippen LogP contribution is 2.14. The zero-order valence-corrected chi connectivity index (χ0v) is 14.5. The van der Waals surface area contributed by atoms with Crippen LogP contribution in [0.1, 0.15) is 16.1 Å². The van der Waals surface area contributed by atoms with Crippen LogP contribution < -0.4 is 10.6 Å². The first kappa shape index (κ1) is 17.4. The number of benzene rings is 1. The van der Waals surface area contributed by atoms with Crippen LogP contribution in [0.15, 0.2) is 42.6 Å². The van der Waals surface area contributed by atoms with E-state index in [-0.39, 0.29) is 5.91 Å². The van der Waals surface area contributed by atoms with E-state index in [0.29, 0.717) is 5.69 Å². The minimum atomic E-state index is -0.200. The molecule has 0 aliphatic carbocycles. The maximum Gasteiger partial charge on any atom is 0.274 e. The van der Waals surface area contributed by atoms with Crippen molar-refractivity contribution in [2.75, 3.05) is 50.0 Å². The van der Waals surface area contributed by atoms with Gasteiger partial charge in [0, 0.05) is 31.9 Å². The summed E-state index contributed by atoms with van der Waals surface area (Å²) in [5.41, 5.74) is 3.15. The van der Waals surface area contributed by atoms with Gasteiger partial charge in [-0.05, 0) is 30.7 Å². The van der Waals surface area contributed by atoms with Crippen molar-refractivity contribution in [1.82, 2.24) is 9.88 Å². The molecule has 1 fully saturated rings. The summed E-state index contributed by atoms with van der Waals surface area (Å²) in [5.74, 6) is -0.200. The van der Waals surface area contributed by atoms with E-state index in [1.54, 1.807) is 12.3 Å². The zero-order chi connectivity index (χ0) is 17.5. The Morgan fingerprint density at radius 3 is 2.72 bits per heavy atom. The number of ether oxygens (including phenoxy) is 1. The number of morpholine rings is 1. The van der Waals surface area contributed by atoms with E-state index < -0.39 is 0 Å². The molecule has 6 heteroatoms. The quantitative estimate of drug-likeness (QED) is 0.845. The zero-order valence-electron chi connectivity index (χ0n) is 14.5. The molecule has 0 unspecified atom stereocenters. The third kappa shape index (κ3) is 5.01. The maximum absolute atomic E-state index is 12.3. The van der Waals surface area contributed by atoms with E-state index in [0.717, 1.165) is 56.3 Å². The number of carbonyl (C=O) groups excluding carboxylic acids is 1. The number of pyridine rings is 1. The monoisotopic (exact) mass is 340 g/mol. The third-order valence-electron chi connectivity index (χ3n) is 4.25. The number of hydrogen-bond acceptors (Lipinski definition) is 5. The Balaban J connectivity index is 1.49. The van der Waals surface area contributed by atoms with Gasteiger partial charge in [0.1, 0.15) is 5.69 Å². The minimum absolute atomic E-state index is 0.200. The van der Waals surface area contributed by atoms with E-state index in [2.05, 4.69) is 20.5 Å². The van der Waals surface area contributed by atoms with Crippen molar-refractivity contribution in [1.29, 1.82) is 0 Å². The molecule has 2 aromatic rings. The lowest BCUT2D eigenvalue weighted by atomic mass is 10.2. The number of hydrogen-bond donors (Lipinski definition) is 2. The van der Waals surface area contributed by atoms with Gasteiger partial charge in [0.25, 0.3) is 5.91 Å². The SMILES string of the molecule is Cc1ccccc1NC(=O)c1ccc(NCCN2CCOCC2)cn1. The molecule has 0 spiro atoms. The van der Waals surface area contributed by atoms with Crippen LogP contribution in [0.4, 0.5) is 11.4 Å². The number of carbonyl (C=O) groups is 1. The summed E-state index contributed by atoms with van der Waals surface area (Å²) in [7, 11) is 0. The number of amides is 1. The van der Waals surface area contributed by atoms with Gasteiger partial charge in [-0.1, -0.05) is 18.2 Å². The molecule has 2 heterocycles. The van der Waals surface area contributed by atoms with E-state index in [1.807, 2.05) is 37.3 Å². The average molecular weight is 340 g/mol. The molecule has 132 valence electrons. The lowest BCUT2D eigenvalue weighted by molar-refractivity contribution is 0.0398. The molecule has 0 radical (unpaired) electrons. The van der Waals surface area contributed by atoms with Crippen LogP contribution in [0, 0.1) is 6.92 Å².